The highest BCUT2D eigenvalue weighted by Crippen LogP contribution is 2.29. The van der Waals surface area contributed by atoms with Crippen LogP contribution in [0.15, 0.2) is 59.2 Å². The van der Waals surface area contributed by atoms with E-state index in [4.69, 9.17) is 4.42 Å². The summed E-state index contributed by atoms with van der Waals surface area (Å²) in [5, 5.41) is 11.4. The number of benzene rings is 2. The SMILES string of the molecule is N#Cc1c(-c2ccco2)ccc2ccccc12. The first-order chi connectivity index (χ1) is 8.40. The predicted molar refractivity (Wildman–Crippen MR) is 66.4 cm³/mol. The van der Waals surface area contributed by atoms with Crippen molar-refractivity contribution in [2.45, 2.75) is 0 Å². The number of hydrogen-bond acceptors (Lipinski definition) is 2. The van der Waals surface area contributed by atoms with Gasteiger partial charge in [0, 0.05) is 10.9 Å². The van der Waals surface area contributed by atoms with Crippen LogP contribution >= 0.6 is 0 Å². The van der Waals surface area contributed by atoms with Crippen LogP contribution in [0.2, 0.25) is 0 Å². The summed E-state index contributed by atoms with van der Waals surface area (Å²) < 4.78 is 5.36. The molecule has 0 unspecified atom stereocenters. The first-order valence-electron chi connectivity index (χ1n) is 5.36. The molecular formula is C15H9NO. The van der Waals surface area contributed by atoms with Gasteiger partial charge in [0.1, 0.15) is 11.8 Å². The van der Waals surface area contributed by atoms with E-state index in [-0.39, 0.29) is 0 Å². The number of nitriles is 1. The molecule has 0 fully saturated rings. The second-order valence-electron chi connectivity index (χ2n) is 3.80. The van der Waals surface area contributed by atoms with Gasteiger partial charge in [0.05, 0.1) is 11.8 Å². The minimum atomic E-state index is 0.665. The largest absolute Gasteiger partial charge is 0.464 e. The molecule has 0 saturated carbocycles. The maximum absolute atomic E-state index is 9.32. The highest BCUT2D eigenvalue weighted by Gasteiger charge is 2.10. The fraction of sp³-hybridized carbons (Fsp3) is 0. The standard InChI is InChI=1S/C15H9NO/c16-10-14-12-5-2-1-4-11(12)7-8-13(14)15-6-3-9-17-15/h1-9H. The zero-order valence-corrected chi connectivity index (χ0v) is 9.05. The monoisotopic (exact) mass is 219 g/mol. The highest BCUT2D eigenvalue weighted by molar-refractivity contribution is 5.93. The Morgan fingerprint density at radius 2 is 1.82 bits per heavy atom. The van der Waals surface area contributed by atoms with Gasteiger partial charge in [-0.2, -0.15) is 5.26 Å². The van der Waals surface area contributed by atoms with Crippen molar-refractivity contribution in [1.29, 1.82) is 5.26 Å². The summed E-state index contributed by atoms with van der Waals surface area (Å²) in [4.78, 5) is 0. The Balaban J connectivity index is 2.38. The predicted octanol–water partition coefficient (Wildman–Crippen LogP) is 3.97. The van der Waals surface area contributed by atoms with E-state index in [0.29, 0.717) is 5.56 Å². The van der Waals surface area contributed by atoms with Gasteiger partial charge in [-0.3, -0.25) is 0 Å². The van der Waals surface area contributed by atoms with Crippen molar-refractivity contribution in [3.63, 3.8) is 0 Å². The Morgan fingerprint density at radius 1 is 0.941 bits per heavy atom. The molecule has 0 radical (unpaired) electrons. The molecule has 0 aliphatic rings. The Kier molecular flexibility index (Phi) is 2.16. The molecule has 0 spiro atoms. The molecule has 0 N–H and O–H groups in total. The van der Waals surface area contributed by atoms with Crippen LogP contribution in [0, 0.1) is 11.3 Å². The molecule has 0 bridgehead atoms. The molecule has 3 rings (SSSR count). The molecule has 1 aromatic heterocycles. The normalized spacial score (nSPS) is 10.3. The van der Waals surface area contributed by atoms with Gasteiger partial charge >= 0.3 is 0 Å². The molecule has 17 heavy (non-hydrogen) atoms. The van der Waals surface area contributed by atoms with Gasteiger partial charge in [-0.25, -0.2) is 0 Å². The average Bonchev–Trinajstić information content (AvgIpc) is 2.91. The molecule has 1 heterocycles. The molecule has 2 aromatic carbocycles. The van der Waals surface area contributed by atoms with Crippen LogP contribution in [0.3, 0.4) is 0 Å². The number of furan rings is 1. The molecule has 2 heteroatoms. The molecule has 0 amide bonds. The van der Waals surface area contributed by atoms with Gasteiger partial charge in [0.25, 0.3) is 0 Å². The lowest BCUT2D eigenvalue weighted by Crippen LogP contribution is -1.85. The Labute approximate surface area is 98.7 Å². The lowest BCUT2D eigenvalue weighted by atomic mass is 9.98. The van der Waals surface area contributed by atoms with Crippen molar-refractivity contribution in [2.75, 3.05) is 0 Å². The molecule has 0 saturated heterocycles. The number of rotatable bonds is 1. The van der Waals surface area contributed by atoms with E-state index in [0.717, 1.165) is 22.1 Å². The van der Waals surface area contributed by atoms with Gasteiger partial charge in [0.15, 0.2) is 0 Å². The van der Waals surface area contributed by atoms with Crippen molar-refractivity contribution >= 4 is 10.8 Å². The Hall–Kier alpha value is -2.53. The first kappa shape index (κ1) is 9.68. The van der Waals surface area contributed by atoms with Crippen molar-refractivity contribution < 1.29 is 4.42 Å². The topological polar surface area (TPSA) is 36.9 Å². The van der Waals surface area contributed by atoms with Gasteiger partial charge in [-0.15, -0.1) is 0 Å². The minimum absolute atomic E-state index is 0.665. The lowest BCUT2D eigenvalue weighted by molar-refractivity contribution is 0.582. The van der Waals surface area contributed by atoms with Gasteiger partial charge in [-0.05, 0) is 23.6 Å². The molecule has 0 aliphatic carbocycles. The fourth-order valence-electron chi connectivity index (χ4n) is 2.03. The van der Waals surface area contributed by atoms with Crippen molar-refractivity contribution in [2.24, 2.45) is 0 Å². The third-order valence-electron chi connectivity index (χ3n) is 2.83. The second kappa shape index (κ2) is 3.80. The van der Waals surface area contributed by atoms with E-state index in [9.17, 15) is 5.26 Å². The van der Waals surface area contributed by atoms with Crippen molar-refractivity contribution in [3.8, 4) is 17.4 Å². The maximum Gasteiger partial charge on any atom is 0.135 e. The van der Waals surface area contributed by atoms with E-state index in [2.05, 4.69) is 6.07 Å². The molecule has 2 nitrogen and oxygen atoms in total. The number of fused-ring (bicyclic) bond motifs is 1. The van der Waals surface area contributed by atoms with E-state index >= 15 is 0 Å². The molecule has 0 atom stereocenters. The summed E-state index contributed by atoms with van der Waals surface area (Å²) in [6.07, 6.45) is 1.62. The summed E-state index contributed by atoms with van der Waals surface area (Å²) in [5.74, 6) is 0.729. The van der Waals surface area contributed by atoms with Gasteiger partial charge < -0.3 is 4.42 Å². The second-order valence-corrected chi connectivity index (χ2v) is 3.80. The van der Waals surface area contributed by atoms with Crippen LogP contribution < -0.4 is 0 Å². The summed E-state index contributed by atoms with van der Waals surface area (Å²) >= 11 is 0. The minimum Gasteiger partial charge on any atom is -0.464 e. The van der Waals surface area contributed by atoms with E-state index in [1.54, 1.807) is 6.26 Å². The molecular weight excluding hydrogens is 210 g/mol. The van der Waals surface area contributed by atoms with Crippen LogP contribution in [-0.2, 0) is 0 Å². The molecule has 80 valence electrons. The summed E-state index contributed by atoms with van der Waals surface area (Å²) in [5.41, 5.74) is 1.51. The van der Waals surface area contributed by atoms with Crippen molar-refractivity contribution in [1.82, 2.24) is 0 Å². The lowest BCUT2D eigenvalue weighted by Gasteiger charge is -2.04. The fourth-order valence-corrected chi connectivity index (χ4v) is 2.03. The van der Waals surface area contributed by atoms with E-state index in [1.165, 1.54) is 0 Å². The zero-order valence-electron chi connectivity index (χ0n) is 9.05. The van der Waals surface area contributed by atoms with Gasteiger partial charge in [-0.1, -0.05) is 30.3 Å². The van der Waals surface area contributed by atoms with Crippen LogP contribution in [0.25, 0.3) is 22.1 Å². The highest BCUT2D eigenvalue weighted by atomic mass is 16.3. The van der Waals surface area contributed by atoms with Gasteiger partial charge in [0.2, 0.25) is 0 Å². The summed E-state index contributed by atoms with van der Waals surface area (Å²) in [6, 6.07) is 17.8. The number of nitrogens with zero attached hydrogens (tertiary/aromatic N) is 1. The third-order valence-corrected chi connectivity index (χ3v) is 2.83. The van der Waals surface area contributed by atoms with Crippen LogP contribution in [-0.4, -0.2) is 0 Å². The zero-order chi connectivity index (χ0) is 11.7. The Morgan fingerprint density at radius 3 is 2.59 bits per heavy atom. The van der Waals surface area contributed by atoms with Crippen LogP contribution in [0.1, 0.15) is 5.56 Å². The Bertz CT molecular complexity index is 705. The quantitative estimate of drug-likeness (QED) is 0.620. The van der Waals surface area contributed by atoms with Crippen LogP contribution in [0.5, 0.6) is 0 Å². The molecule has 3 aromatic rings. The third kappa shape index (κ3) is 1.49. The van der Waals surface area contributed by atoms with E-state index < -0.39 is 0 Å². The average molecular weight is 219 g/mol. The summed E-state index contributed by atoms with van der Waals surface area (Å²) in [7, 11) is 0. The van der Waals surface area contributed by atoms with E-state index in [1.807, 2.05) is 48.5 Å². The number of hydrogen-bond donors (Lipinski definition) is 0. The summed E-state index contributed by atoms with van der Waals surface area (Å²) in [6.45, 7) is 0. The van der Waals surface area contributed by atoms with Crippen LogP contribution in [0.4, 0.5) is 0 Å². The molecule has 0 aliphatic heterocycles. The van der Waals surface area contributed by atoms with Crippen molar-refractivity contribution in [3.05, 3.63) is 60.4 Å². The maximum atomic E-state index is 9.32. The smallest absolute Gasteiger partial charge is 0.135 e. The first-order valence-corrected chi connectivity index (χ1v) is 5.36.